The lowest BCUT2D eigenvalue weighted by Crippen LogP contribution is -2.26. The van der Waals surface area contributed by atoms with Crippen molar-refractivity contribution in [2.45, 2.75) is 0 Å². The lowest BCUT2D eigenvalue weighted by molar-refractivity contribution is -0.307. The largest absolute Gasteiger partial charge is 0.804 e. The summed E-state index contributed by atoms with van der Waals surface area (Å²) in [5.74, 6) is 0. The lowest BCUT2D eigenvalue weighted by atomic mass is 11.5. The molecule has 1 amide bonds. The van der Waals surface area contributed by atoms with Gasteiger partial charge in [0.1, 0.15) is 0 Å². The van der Waals surface area contributed by atoms with Gasteiger partial charge < -0.3 is 29.9 Å². The molecule has 0 bridgehead atoms. The number of carbonyl (C=O) groups excluding carboxylic acids is 1. The van der Waals surface area contributed by atoms with E-state index in [9.17, 15) is 19.1 Å². The van der Waals surface area contributed by atoms with Crippen LogP contribution >= 0.6 is 15.9 Å². The van der Waals surface area contributed by atoms with Crippen LogP contribution in [0.5, 0.6) is 0 Å². The molecule has 0 rings (SSSR count). The third-order valence-electron chi connectivity index (χ3n) is 0.270. The topological polar surface area (TPSA) is 169 Å². The second-order valence-corrected chi connectivity index (χ2v) is 2.94. The molecule has 10 heteroatoms. The Hall–Kier alpha value is -0.360. The third-order valence-corrected chi connectivity index (χ3v) is 0.810. The van der Waals surface area contributed by atoms with E-state index in [1.165, 1.54) is 0 Å². The third kappa shape index (κ3) is 17.7. The molecule has 0 aliphatic rings. The lowest BCUT2D eigenvalue weighted by Gasteiger charge is -2.23. The van der Waals surface area contributed by atoms with Gasteiger partial charge in [0, 0.05) is 7.60 Å². The summed E-state index contributed by atoms with van der Waals surface area (Å²) in [5.41, 5.74) is 2.23. The summed E-state index contributed by atoms with van der Waals surface area (Å²) in [6, 6.07) is 0. The second-order valence-electron chi connectivity index (χ2n) is 1.06. The Morgan fingerprint density at radius 1 is 1.36 bits per heavy atom. The minimum absolute atomic E-state index is 1.81. The molecule has 0 aromatic heterocycles. The average molecular weight is 202 g/mol. The van der Waals surface area contributed by atoms with Gasteiger partial charge in [0.15, 0.2) is 0 Å². The number of carbonyl (C=O) groups is 1. The Labute approximate surface area is 61.8 Å². The molecular formula is CH2NO7P2-3. The second kappa shape index (κ2) is 5.31. The van der Waals surface area contributed by atoms with Gasteiger partial charge >= 0.3 is 0 Å². The molecule has 0 aliphatic carbocycles. The average Bonchev–Trinajstić information content (AvgIpc) is 1.59. The molecule has 0 saturated heterocycles. The molecule has 0 aromatic carbocycles. The maximum absolute atomic E-state index is 9.35. The highest BCUT2D eigenvalue weighted by molar-refractivity contribution is 7.67. The van der Waals surface area contributed by atoms with E-state index in [2.05, 4.69) is 5.73 Å². The number of rotatable bonds is 1. The van der Waals surface area contributed by atoms with E-state index in [-0.39, 0.29) is 0 Å². The van der Waals surface area contributed by atoms with Crippen LogP contribution in [0.15, 0.2) is 0 Å². The van der Waals surface area contributed by atoms with Crippen molar-refractivity contribution in [3.8, 4) is 0 Å². The predicted molar refractivity (Wildman–Crippen MR) is 24.8 cm³/mol. The number of amides is 1. The van der Waals surface area contributed by atoms with E-state index in [4.69, 9.17) is 14.4 Å². The molecule has 0 atom stereocenters. The first kappa shape index (κ1) is 13.2. The van der Waals surface area contributed by atoms with Gasteiger partial charge in [-0.25, -0.2) is 0 Å². The fourth-order valence-corrected chi connectivity index (χ4v) is 0. The Bertz CT molecular complexity index is 189. The first-order valence-electron chi connectivity index (χ1n) is 1.81. The van der Waals surface area contributed by atoms with Crippen LogP contribution in [0.25, 0.3) is 0 Å². The summed E-state index contributed by atoms with van der Waals surface area (Å²) < 4.78 is 17.8. The fourth-order valence-electron chi connectivity index (χ4n) is 0. The first-order chi connectivity index (χ1) is 4.68. The van der Waals surface area contributed by atoms with E-state index in [1.54, 1.807) is 0 Å². The standard InChI is InChI=1S/CH4NO4P.HO3P/c2-1(3)7(4,5)6;1-4(2)3/h(H2,2,3)(H2,4,5,6);(H,1,2,3)/p-3. The quantitative estimate of drug-likeness (QED) is 0.426. The molecule has 0 aromatic rings. The molecule has 0 heterocycles. The molecule has 11 heavy (non-hydrogen) atoms. The summed E-state index contributed by atoms with van der Waals surface area (Å²) in [7, 11) is -8.47. The molecule has 0 fully saturated rings. The van der Waals surface area contributed by atoms with E-state index in [0.29, 0.717) is 0 Å². The van der Waals surface area contributed by atoms with Crippen LogP contribution in [0.3, 0.4) is 0 Å². The highest BCUT2D eigenvalue weighted by atomic mass is 31.2. The van der Waals surface area contributed by atoms with Crippen LogP contribution in [-0.2, 0) is 9.13 Å². The number of nitrogens with two attached hydrogens (primary N) is 1. The summed E-state index contributed by atoms with van der Waals surface area (Å²) in [5, 5.41) is 0. The minimum Gasteiger partial charge on any atom is -0.804 e. The normalized spacial score (nSPS) is 9.45. The van der Waals surface area contributed by atoms with Crippen LogP contribution < -0.4 is 25.3 Å². The van der Waals surface area contributed by atoms with Gasteiger partial charge in [-0.2, -0.15) is 0 Å². The smallest absolute Gasteiger partial charge is 0.276 e. The summed E-state index contributed by atoms with van der Waals surface area (Å²) >= 11 is 0. The highest BCUT2D eigenvalue weighted by Gasteiger charge is 1.94. The van der Waals surface area contributed by atoms with Crippen molar-refractivity contribution in [1.29, 1.82) is 0 Å². The number of hydrogen-bond donors (Lipinski definition) is 1. The van der Waals surface area contributed by atoms with Crippen LogP contribution in [0.1, 0.15) is 0 Å². The predicted octanol–water partition coefficient (Wildman–Crippen LogP) is -3.66. The summed E-state index contributed by atoms with van der Waals surface area (Å²) in [6.07, 6.45) is 0. The molecule has 0 aliphatic heterocycles. The molecule has 66 valence electrons. The SMILES string of the molecule is NC(=O)P(=O)([O-])[O-].O=[P+]([O-])[O-]. The molecule has 8 nitrogen and oxygen atoms in total. The van der Waals surface area contributed by atoms with E-state index >= 15 is 0 Å². The van der Waals surface area contributed by atoms with Gasteiger partial charge in [-0.15, -0.1) is 0 Å². The van der Waals surface area contributed by atoms with Gasteiger partial charge in [0.05, 0.1) is 0 Å². The van der Waals surface area contributed by atoms with E-state index < -0.39 is 21.5 Å². The maximum atomic E-state index is 9.35. The van der Waals surface area contributed by atoms with Gasteiger partial charge in [-0.3, -0.25) is 4.79 Å². The zero-order chi connectivity index (χ0) is 9.65. The molecule has 0 radical (unpaired) electrons. The number of primary amides is 1. The zero-order valence-electron chi connectivity index (χ0n) is 4.83. The van der Waals surface area contributed by atoms with Crippen LogP contribution in [-0.4, -0.2) is 5.65 Å². The Morgan fingerprint density at radius 3 is 1.45 bits per heavy atom. The first-order valence-corrected chi connectivity index (χ1v) is 4.45. The van der Waals surface area contributed by atoms with Crippen molar-refractivity contribution in [3.05, 3.63) is 0 Å². The Kier molecular flexibility index (Phi) is 6.40. The zero-order valence-corrected chi connectivity index (χ0v) is 6.62. The highest BCUT2D eigenvalue weighted by Crippen LogP contribution is 2.20. The monoisotopic (exact) mass is 202 g/mol. The molecule has 0 spiro atoms. The van der Waals surface area contributed by atoms with Crippen molar-refractivity contribution < 1.29 is 33.5 Å². The van der Waals surface area contributed by atoms with Gasteiger partial charge in [-0.1, -0.05) is 4.57 Å². The maximum Gasteiger partial charge on any atom is 0.276 e. The number of hydrogen-bond acceptors (Lipinski definition) is 7. The fraction of sp³-hybridized carbons (Fsp3) is 0. The summed E-state index contributed by atoms with van der Waals surface area (Å²) in [4.78, 5) is 45.0. The van der Waals surface area contributed by atoms with Crippen LogP contribution in [0, 0.1) is 0 Å². The van der Waals surface area contributed by atoms with Crippen LogP contribution in [0.4, 0.5) is 4.79 Å². The van der Waals surface area contributed by atoms with E-state index in [0.717, 1.165) is 0 Å². The molecule has 0 saturated carbocycles. The Balaban J connectivity index is 0. The van der Waals surface area contributed by atoms with Crippen molar-refractivity contribution >= 4 is 21.5 Å². The molecular weight excluding hydrogens is 200 g/mol. The van der Waals surface area contributed by atoms with Crippen LogP contribution in [0.2, 0.25) is 0 Å². The van der Waals surface area contributed by atoms with Crippen molar-refractivity contribution in [2.24, 2.45) is 5.73 Å². The minimum atomic E-state index is -5.10. The molecule has 2 N–H and O–H groups in total. The van der Waals surface area contributed by atoms with Crippen molar-refractivity contribution in [3.63, 3.8) is 0 Å². The van der Waals surface area contributed by atoms with Gasteiger partial charge in [0.25, 0.3) is 8.25 Å². The van der Waals surface area contributed by atoms with E-state index in [1.807, 2.05) is 0 Å². The molecule has 0 unspecified atom stereocenters. The van der Waals surface area contributed by atoms with Crippen molar-refractivity contribution in [2.75, 3.05) is 0 Å². The Morgan fingerprint density at radius 2 is 1.45 bits per heavy atom. The summed E-state index contributed by atoms with van der Waals surface area (Å²) in [6.45, 7) is 0. The van der Waals surface area contributed by atoms with Gasteiger partial charge in [0.2, 0.25) is 5.65 Å². The van der Waals surface area contributed by atoms with Gasteiger partial charge in [-0.05, 0) is 0 Å². The van der Waals surface area contributed by atoms with Crippen molar-refractivity contribution in [1.82, 2.24) is 0 Å².